The lowest BCUT2D eigenvalue weighted by Crippen LogP contribution is -2.44. The Morgan fingerprint density at radius 3 is 2.70 bits per heavy atom. The van der Waals surface area contributed by atoms with E-state index in [4.69, 9.17) is 0 Å². The summed E-state index contributed by atoms with van der Waals surface area (Å²) in [5, 5.41) is 11.6. The molecule has 2 fully saturated rings. The molecule has 1 aromatic heterocycles. The minimum atomic E-state index is -0.842. The van der Waals surface area contributed by atoms with Gasteiger partial charge in [-0.15, -0.1) is 0 Å². The van der Waals surface area contributed by atoms with E-state index < -0.39 is 5.60 Å². The van der Waals surface area contributed by atoms with Crippen LogP contribution in [0.1, 0.15) is 29.6 Å². The molecule has 27 heavy (non-hydrogen) atoms. The van der Waals surface area contributed by atoms with E-state index in [-0.39, 0.29) is 24.2 Å². The van der Waals surface area contributed by atoms with Crippen molar-refractivity contribution in [2.75, 3.05) is 33.7 Å². The SMILES string of the molecule is CN(C)CC1(O)CCN(C(=O)Cn2cc(C(=O)C3CC3)c3ccccc32)C1. The normalized spacial score (nSPS) is 22.7. The Kier molecular flexibility index (Phi) is 4.56. The predicted octanol–water partition coefficient (Wildman–Crippen LogP) is 1.76. The van der Waals surface area contributed by atoms with Crippen molar-refractivity contribution in [3.8, 4) is 0 Å². The number of carbonyl (C=O) groups excluding carboxylic acids is 2. The zero-order chi connectivity index (χ0) is 19.2. The van der Waals surface area contributed by atoms with Gasteiger partial charge in [-0.1, -0.05) is 18.2 Å². The van der Waals surface area contributed by atoms with Crippen LogP contribution >= 0.6 is 0 Å². The second-order valence-electron chi connectivity index (χ2n) is 8.35. The van der Waals surface area contributed by atoms with Crippen LogP contribution in [0.4, 0.5) is 0 Å². The van der Waals surface area contributed by atoms with Crippen LogP contribution in [0.25, 0.3) is 10.9 Å². The third-order valence-electron chi connectivity index (χ3n) is 5.60. The zero-order valence-corrected chi connectivity index (χ0v) is 16.0. The molecule has 1 saturated heterocycles. The van der Waals surface area contributed by atoms with Crippen LogP contribution in [0.3, 0.4) is 0 Å². The minimum Gasteiger partial charge on any atom is -0.387 e. The third kappa shape index (κ3) is 3.64. The summed E-state index contributed by atoms with van der Waals surface area (Å²) < 4.78 is 1.89. The molecule has 6 heteroatoms. The Labute approximate surface area is 159 Å². The Hall–Kier alpha value is -2.18. The van der Waals surface area contributed by atoms with Crippen LogP contribution in [-0.4, -0.2) is 70.5 Å². The summed E-state index contributed by atoms with van der Waals surface area (Å²) in [5.41, 5.74) is 0.800. The van der Waals surface area contributed by atoms with Gasteiger partial charge >= 0.3 is 0 Å². The molecule has 0 spiro atoms. The molecule has 1 saturated carbocycles. The minimum absolute atomic E-state index is 0.0177. The van der Waals surface area contributed by atoms with Crippen molar-refractivity contribution in [1.29, 1.82) is 0 Å². The number of nitrogens with zero attached hydrogens (tertiary/aromatic N) is 3. The number of β-amino-alcohol motifs (C(OH)–C–C–N with tert-alkyl or cyclic N) is 1. The van der Waals surface area contributed by atoms with E-state index in [1.165, 1.54) is 0 Å². The number of aromatic nitrogens is 1. The molecule has 1 aliphatic heterocycles. The van der Waals surface area contributed by atoms with E-state index in [1.807, 2.05) is 54.0 Å². The number of rotatable bonds is 6. The van der Waals surface area contributed by atoms with Gasteiger partial charge < -0.3 is 19.5 Å². The van der Waals surface area contributed by atoms with E-state index in [1.54, 1.807) is 4.90 Å². The topological polar surface area (TPSA) is 65.8 Å². The van der Waals surface area contributed by atoms with E-state index in [0.29, 0.717) is 26.1 Å². The highest BCUT2D eigenvalue weighted by molar-refractivity contribution is 6.10. The molecule has 1 atom stereocenters. The molecular weight excluding hydrogens is 342 g/mol. The van der Waals surface area contributed by atoms with Crippen molar-refractivity contribution >= 4 is 22.6 Å². The number of carbonyl (C=O) groups is 2. The van der Waals surface area contributed by atoms with E-state index in [2.05, 4.69) is 0 Å². The van der Waals surface area contributed by atoms with Crippen molar-refractivity contribution in [3.05, 3.63) is 36.0 Å². The number of para-hydroxylation sites is 1. The van der Waals surface area contributed by atoms with Gasteiger partial charge in [-0.05, 0) is 39.4 Å². The Morgan fingerprint density at radius 2 is 2.00 bits per heavy atom. The molecule has 144 valence electrons. The summed E-state index contributed by atoms with van der Waals surface area (Å²) in [6.07, 6.45) is 4.37. The molecule has 2 aromatic rings. The van der Waals surface area contributed by atoms with Crippen molar-refractivity contribution in [1.82, 2.24) is 14.4 Å². The van der Waals surface area contributed by atoms with Gasteiger partial charge in [0.15, 0.2) is 5.78 Å². The van der Waals surface area contributed by atoms with Gasteiger partial charge in [0.2, 0.25) is 5.91 Å². The summed E-state index contributed by atoms with van der Waals surface area (Å²) in [7, 11) is 3.85. The quantitative estimate of drug-likeness (QED) is 0.788. The number of likely N-dealkylation sites (tertiary alicyclic amines) is 1. The predicted molar refractivity (Wildman–Crippen MR) is 104 cm³/mol. The second kappa shape index (κ2) is 6.77. The molecule has 4 rings (SSSR count). The molecule has 1 unspecified atom stereocenters. The van der Waals surface area contributed by atoms with Gasteiger partial charge in [0.05, 0.1) is 12.1 Å². The van der Waals surface area contributed by atoms with Crippen molar-refractivity contribution in [2.24, 2.45) is 5.92 Å². The van der Waals surface area contributed by atoms with Crippen LogP contribution in [0, 0.1) is 5.92 Å². The first-order chi connectivity index (χ1) is 12.9. The fourth-order valence-electron chi connectivity index (χ4n) is 4.17. The average Bonchev–Trinajstić information content (AvgIpc) is 3.31. The smallest absolute Gasteiger partial charge is 0.242 e. The number of aliphatic hydroxyl groups is 1. The maximum absolute atomic E-state index is 12.9. The molecule has 2 aliphatic rings. The molecule has 0 radical (unpaired) electrons. The van der Waals surface area contributed by atoms with Gasteiger partial charge in [-0.2, -0.15) is 0 Å². The molecule has 1 aromatic carbocycles. The molecule has 1 aliphatic carbocycles. The van der Waals surface area contributed by atoms with Crippen LogP contribution < -0.4 is 0 Å². The first kappa shape index (κ1) is 18.2. The number of hydrogen-bond donors (Lipinski definition) is 1. The molecule has 0 bridgehead atoms. The van der Waals surface area contributed by atoms with Crippen LogP contribution in [0.2, 0.25) is 0 Å². The summed E-state index contributed by atoms with van der Waals surface area (Å²) >= 11 is 0. The molecule has 1 amide bonds. The molecule has 2 heterocycles. The van der Waals surface area contributed by atoms with Gasteiger partial charge in [0.25, 0.3) is 0 Å². The highest BCUT2D eigenvalue weighted by atomic mass is 16.3. The summed E-state index contributed by atoms with van der Waals surface area (Å²) in [5.74, 6) is 0.328. The Morgan fingerprint density at radius 1 is 1.26 bits per heavy atom. The number of likely N-dealkylation sites (N-methyl/N-ethyl adjacent to an activating group) is 1. The highest BCUT2D eigenvalue weighted by Gasteiger charge is 2.38. The number of Topliss-reactive ketones (excluding diaryl/α,β-unsaturated/α-hetero) is 1. The van der Waals surface area contributed by atoms with E-state index in [9.17, 15) is 14.7 Å². The standard InChI is InChI=1S/C21H27N3O3/c1-22(2)13-21(27)9-10-23(14-21)19(25)12-24-11-17(20(26)15-7-8-15)16-5-3-4-6-18(16)24/h3-6,11,15,27H,7-10,12-14H2,1-2H3. The summed E-state index contributed by atoms with van der Waals surface area (Å²) in [6.45, 7) is 1.66. The number of amides is 1. The Bertz CT molecular complexity index is 884. The maximum atomic E-state index is 12.9. The average molecular weight is 369 g/mol. The highest BCUT2D eigenvalue weighted by Crippen LogP contribution is 2.35. The first-order valence-corrected chi connectivity index (χ1v) is 9.63. The van der Waals surface area contributed by atoms with Gasteiger partial charge in [-0.25, -0.2) is 0 Å². The Balaban J connectivity index is 1.54. The molecule has 1 N–H and O–H groups in total. The number of ketones is 1. The molecule has 6 nitrogen and oxygen atoms in total. The second-order valence-corrected chi connectivity index (χ2v) is 8.35. The summed E-state index contributed by atoms with van der Waals surface area (Å²) in [6, 6.07) is 7.77. The monoisotopic (exact) mass is 369 g/mol. The van der Waals surface area contributed by atoms with Crippen LogP contribution in [-0.2, 0) is 11.3 Å². The lowest BCUT2D eigenvalue weighted by Gasteiger charge is -2.26. The number of benzene rings is 1. The van der Waals surface area contributed by atoms with Crippen LogP contribution in [0.5, 0.6) is 0 Å². The van der Waals surface area contributed by atoms with Crippen LogP contribution in [0.15, 0.2) is 30.5 Å². The maximum Gasteiger partial charge on any atom is 0.242 e. The van der Waals surface area contributed by atoms with Crippen molar-refractivity contribution in [2.45, 2.75) is 31.4 Å². The van der Waals surface area contributed by atoms with E-state index >= 15 is 0 Å². The lowest BCUT2D eigenvalue weighted by atomic mass is 10.0. The lowest BCUT2D eigenvalue weighted by molar-refractivity contribution is -0.131. The fraction of sp³-hybridized carbons (Fsp3) is 0.524. The summed E-state index contributed by atoms with van der Waals surface area (Å²) in [4.78, 5) is 29.2. The van der Waals surface area contributed by atoms with Gasteiger partial charge in [-0.3, -0.25) is 9.59 Å². The first-order valence-electron chi connectivity index (χ1n) is 9.63. The molecular formula is C21H27N3O3. The van der Waals surface area contributed by atoms with Gasteiger partial charge in [0, 0.05) is 41.7 Å². The zero-order valence-electron chi connectivity index (χ0n) is 16.0. The van der Waals surface area contributed by atoms with Gasteiger partial charge in [0.1, 0.15) is 6.54 Å². The van der Waals surface area contributed by atoms with Crippen molar-refractivity contribution in [3.63, 3.8) is 0 Å². The fourth-order valence-corrected chi connectivity index (χ4v) is 4.17. The number of hydrogen-bond acceptors (Lipinski definition) is 4. The largest absolute Gasteiger partial charge is 0.387 e. The van der Waals surface area contributed by atoms with Crippen molar-refractivity contribution < 1.29 is 14.7 Å². The third-order valence-corrected chi connectivity index (χ3v) is 5.60. The van der Waals surface area contributed by atoms with E-state index in [0.717, 1.165) is 29.3 Å². The number of fused-ring (bicyclic) bond motifs is 1.